The molecule has 0 radical (unpaired) electrons. The van der Waals surface area contributed by atoms with Gasteiger partial charge in [-0.25, -0.2) is 9.87 Å². The number of unbranched alkanes of at least 4 members (excludes halogenated alkanes) is 1. The minimum atomic E-state index is -2.13. The van der Waals surface area contributed by atoms with Gasteiger partial charge in [0.05, 0.1) is 5.92 Å². The Bertz CT molecular complexity index is 433. The van der Waals surface area contributed by atoms with Crippen molar-refractivity contribution >= 4 is 17.7 Å². The maximum Gasteiger partial charge on any atom is 0.278 e. The van der Waals surface area contributed by atoms with Gasteiger partial charge in [-0.15, -0.1) is 0 Å². The predicted octanol–water partition coefficient (Wildman–Crippen LogP) is 0.763. The first-order valence-corrected chi connectivity index (χ1v) is 8.14. The number of halogens is 1. The summed E-state index contributed by atoms with van der Waals surface area (Å²) in [4.78, 5) is 37.4. The molecule has 23 heavy (non-hydrogen) atoms. The third-order valence-corrected chi connectivity index (χ3v) is 4.09. The molecule has 1 aliphatic rings. The number of likely N-dealkylation sites (tertiary alicyclic amines) is 1. The number of alkyl halides is 1. The van der Waals surface area contributed by atoms with E-state index in [9.17, 15) is 18.8 Å². The summed E-state index contributed by atoms with van der Waals surface area (Å²) in [5, 5.41) is 11.3. The van der Waals surface area contributed by atoms with Crippen molar-refractivity contribution in [2.24, 2.45) is 5.92 Å². The number of carbonyl (C=O) groups excluding carboxylic acids is 3. The molecule has 8 heteroatoms. The maximum absolute atomic E-state index is 14.2. The fraction of sp³-hybridized carbons (Fsp3) is 0.800. The van der Waals surface area contributed by atoms with E-state index in [4.69, 9.17) is 5.21 Å². The number of likely N-dealkylation sites (N-methyl/N-ethyl adjacent to an activating group) is 1. The Morgan fingerprint density at radius 3 is 2.61 bits per heavy atom. The van der Waals surface area contributed by atoms with Crippen LogP contribution in [0.4, 0.5) is 4.39 Å². The largest absolute Gasteiger partial charge is 0.355 e. The molecule has 1 rings (SSSR count). The van der Waals surface area contributed by atoms with E-state index in [1.807, 2.05) is 6.92 Å². The highest BCUT2D eigenvalue weighted by atomic mass is 19.1. The first-order chi connectivity index (χ1) is 11.0. The van der Waals surface area contributed by atoms with Gasteiger partial charge in [0.15, 0.2) is 6.17 Å². The van der Waals surface area contributed by atoms with Crippen molar-refractivity contribution < 1.29 is 24.0 Å². The highest BCUT2D eigenvalue weighted by Crippen LogP contribution is 2.25. The summed E-state index contributed by atoms with van der Waals surface area (Å²) in [6.45, 7) is 4.51. The molecule has 2 unspecified atom stereocenters. The molecule has 1 saturated heterocycles. The van der Waals surface area contributed by atoms with Crippen LogP contribution in [0, 0.1) is 5.92 Å². The number of hydroxylamine groups is 1. The van der Waals surface area contributed by atoms with E-state index in [1.165, 1.54) is 10.4 Å². The average Bonchev–Trinajstić information content (AvgIpc) is 3.03. The fourth-order valence-corrected chi connectivity index (χ4v) is 2.87. The Labute approximate surface area is 135 Å². The van der Waals surface area contributed by atoms with Crippen molar-refractivity contribution in [2.75, 3.05) is 13.1 Å². The number of hydrogen-bond donors (Lipinski definition) is 3. The molecule has 7 nitrogen and oxygen atoms in total. The van der Waals surface area contributed by atoms with Crippen LogP contribution in [0.25, 0.3) is 0 Å². The zero-order valence-corrected chi connectivity index (χ0v) is 13.7. The smallest absolute Gasteiger partial charge is 0.278 e. The second-order valence-corrected chi connectivity index (χ2v) is 5.71. The Hall–Kier alpha value is -1.70. The zero-order chi connectivity index (χ0) is 17.4. The third-order valence-electron chi connectivity index (χ3n) is 4.09. The zero-order valence-electron chi connectivity index (χ0n) is 13.7. The lowest BCUT2D eigenvalue weighted by atomic mass is 9.94. The van der Waals surface area contributed by atoms with E-state index in [1.54, 1.807) is 6.92 Å². The molecule has 0 aromatic heterocycles. The van der Waals surface area contributed by atoms with E-state index in [2.05, 4.69) is 5.32 Å². The molecule has 1 heterocycles. The molecule has 3 amide bonds. The molecule has 0 saturated carbocycles. The lowest BCUT2D eigenvalue weighted by Gasteiger charge is -2.29. The van der Waals surface area contributed by atoms with Crippen LogP contribution < -0.4 is 10.8 Å². The van der Waals surface area contributed by atoms with Gasteiger partial charge in [-0.3, -0.25) is 19.6 Å². The molecular weight excluding hydrogens is 305 g/mol. The van der Waals surface area contributed by atoms with Crippen LogP contribution in [0.3, 0.4) is 0 Å². The van der Waals surface area contributed by atoms with E-state index < -0.39 is 29.9 Å². The molecule has 132 valence electrons. The molecule has 0 spiro atoms. The van der Waals surface area contributed by atoms with E-state index in [-0.39, 0.29) is 12.3 Å². The van der Waals surface area contributed by atoms with Crippen LogP contribution >= 0.6 is 0 Å². The quantitative estimate of drug-likeness (QED) is 0.452. The number of carbonyl (C=O) groups is 3. The normalized spacial score (nSPS) is 20.0. The van der Waals surface area contributed by atoms with Gasteiger partial charge in [-0.05, 0) is 26.2 Å². The lowest BCUT2D eigenvalue weighted by Crippen LogP contribution is -2.50. The van der Waals surface area contributed by atoms with Crippen LogP contribution in [0.5, 0.6) is 0 Å². The summed E-state index contributed by atoms with van der Waals surface area (Å²) in [5.41, 5.74) is 1.26. The Kier molecular flexibility index (Phi) is 7.94. The van der Waals surface area contributed by atoms with E-state index >= 15 is 0 Å². The number of rotatable bonds is 8. The molecule has 0 aromatic carbocycles. The lowest BCUT2D eigenvalue weighted by molar-refractivity contribution is -0.149. The van der Waals surface area contributed by atoms with Crippen LogP contribution in [-0.4, -0.2) is 53.1 Å². The molecule has 3 N–H and O–H groups in total. The van der Waals surface area contributed by atoms with Crippen molar-refractivity contribution in [3.63, 3.8) is 0 Å². The highest BCUT2D eigenvalue weighted by Gasteiger charge is 2.41. The number of hydrogen-bond acceptors (Lipinski definition) is 4. The van der Waals surface area contributed by atoms with Crippen LogP contribution in [0.15, 0.2) is 0 Å². The first kappa shape index (κ1) is 19.3. The van der Waals surface area contributed by atoms with Gasteiger partial charge in [-0.1, -0.05) is 19.8 Å². The van der Waals surface area contributed by atoms with Gasteiger partial charge >= 0.3 is 0 Å². The first-order valence-electron chi connectivity index (χ1n) is 8.14. The molecule has 1 aliphatic heterocycles. The Morgan fingerprint density at radius 2 is 2.04 bits per heavy atom. The molecule has 1 fully saturated rings. The second kappa shape index (κ2) is 9.44. The SMILES string of the molecule is CCCCC(C(=O)N1CCC[C@H]1C(=O)NCC)C(F)C(=O)NO. The number of nitrogens with zero attached hydrogens (tertiary/aromatic N) is 1. The van der Waals surface area contributed by atoms with Crippen LogP contribution in [-0.2, 0) is 14.4 Å². The van der Waals surface area contributed by atoms with E-state index in [0.29, 0.717) is 32.4 Å². The maximum atomic E-state index is 14.2. The monoisotopic (exact) mass is 331 g/mol. The fourth-order valence-electron chi connectivity index (χ4n) is 2.87. The van der Waals surface area contributed by atoms with Gasteiger partial charge in [-0.2, -0.15) is 0 Å². The summed E-state index contributed by atoms with van der Waals surface area (Å²) in [7, 11) is 0. The van der Waals surface area contributed by atoms with Crippen LogP contribution in [0.1, 0.15) is 46.0 Å². The van der Waals surface area contributed by atoms with Crippen LogP contribution in [0.2, 0.25) is 0 Å². The number of amides is 3. The van der Waals surface area contributed by atoms with E-state index in [0.717, 1.165) is 6.42 Å². The molecule has 0 aromatic rings. The minimum Gasteiger partial charge on any atom is -0.355 e. The standard InChI is InChI=1S/C15H26FN3O4/c1-3-5-7-10(12(16)14(21)18-23)15(22)19-9-6-8-11(19)13(20)17-4-2/h10-12,23H,3-9H2,1-2H3,(H,17,20)(H,18,21)/t10?,11-,12?/m0/s1. The Balaban J connectivity index is 2.89. The molecule has 0 bridgehead atoms. The second-order valence-electron chi connectivity index (χ2n) is 5.71. The van der Waals surface area contributed by atoms with Crippen molar-refractivity contribution in [1.82, 2.24) is 15.7 Å². The van der Waals surface area contributed by atoms with Crippen molar-refractivity contribution in [2.45, 2.75) is 58.2 Å². The summed E-state index contributed by atoms with van der Waals surface area (Å²) in [6, 6.07) is -0.615. The van der Waals surface area contributed by atoms with Crippen molar-refractivity contribution in [3.05, 3.63) is 0 Å². The molecule has 3 atom stereocenters. The van der Waals surface area contributed by atoms with Crippen molar-refractivity contribution in [1.29, 1.82) is 0 Å². The van der Waals surface area contributed by atoms with Gasteiger partial charge in [0.25, 0.3) is 5.91 Å². The Morgan fingerprint density at radius 1 is 1.35 bits per heavy atom. The summed E-state index contributed by atoms with van der Waals surface area (Å²) < 4.78 is 14.2. The predicted molar refractivity (Wildman–Crippen MR) is 81.3 cm³/mol. The molecule has 0 aliphatic carbocycles. The average molecular weight is 331 g/mol. The summed E-state index contributed by atoms with van der Waals surface area (Å²) >= 11 is 0. The highest BCUT2D eigenvalue weighted by molar-refractivity contribution is 5.92. The van der Waals surface area contributed by atoms with Gasteiger partial charge in [0.1, 0.15) is 6.04 Å². The van der Waals surface area contributed by atoms with Crippen molar-refractivity contribution in [3.8, 4) is 0 Å². The third kappa shape index (κ3) is 4.89. The molecular formula is C15H26FN3O4. The van der Waals surface area contributed by atoms with Gasteiger partial charge < -0.3 is 10.2 Å². The minimum absolute atomic E-state index is 0.197. The summed E-state index contributed by atoms with van der Waals surface area (Å²) in [5.74, 6) is -3.21. The summed E-state index contributed by atoms with van der Waals surface area (Å²) in [6.07, 6.45) is 0.585. The van der Waals surface area contributed by atoms with Gasteiger partial charge in [0.2, 0.25) is 11.8 Å². The number of nitrogens with one attached hydrogen (secondary N) is 2. The topological polar surface area (TPSA) is 98.7 Å². The van der Waals surface area contributed by atoms with Gasteiger partial charge in [0, 0.05) is 13.1 Å².